The van der Waals surface area contributed by atoms with Crippen LogP contribution in [0.15, 0.2) is 231 Å². The molecule has 0 heterocycles. The summed E-state index contributed by atoms with van der Waals surface area (Å²) >= 11 is 0. The molecular formula is C60H38. The molecule has 0 nitrogen and oxygen atoms in total. The quantitative estimate of drug-likeness (QED) is 0.121. The highest BCUT2D eigenvalue weighted by molar-refractivity contribution is 6.31. The Morgan fingerprint density at radius 1 is 0.167 bits per heavy atom. The molecule has 0 aliphatic heterocycles. The molecule has 0 fully saturated rings. The molecule has 12 aromatic carbocycles. The van der Waals surface area contributed by atoms with Crippen LogP contribution < -0.4 is 0 Å². The molecule has 0 heteroatoms. The largest absolute Gasteiger partial charge is 0.0622 e. The summed E-state index contributed by atoms with van der Waals surface area (Å²) in [4.78, 5) is 0. The third-order valence-electron chi connectivity index (χ3n) is 12.6. The standard InChI is InChI=1S/C60H38/c1-3-18-39(19-4-1)43-26-15-27-44(36-43)58-50-31-12-11-30-47(50)53-37-55-56(38-54(53)57(58)42-22-5-2-6-23-42)60(49-35-17-25-41-21-8-10-29-46(41)49)52-33-14-13-32-51(52)59(55)48-34-16-24-40-20-7-9-28-45(40)48/h1-38H. The van der Waals surface area contributed by atoms with Gasteiger partial charge in [0.2, 0.25) is 0 Å². The highest BCUT2D eigenvalue weighted by atomic mass is 14.3. The summed E-state index contributed by atoms with van der Waals surface area (Å²) in [5.74, 6) is 0. The van der Waals surface area contributed by atoms with Crippen LogP contribution in [0.25, 0.3) is 120 Å². The molecule has 0 aliphatic carbocycles. The van der Waals surface area contributed by atoms with E-state index in [-0.39, 0.29) is 0 Å². The minimum Gasteiger partial charge on any atom is -0.0622 e. The number of rotatable bonds is 5. The van der Waals surface area contributed by atoms with Crippen LogP contribution in [0, 0.1) is 0 Å². The number of fused-ring (bicyclic) bond motifs is 7. The zero-order valence-corrected chi connectivity index (χ0v) is 32.9. The Morgan fingerprint density at radius 2 is 0.533 bits per heavy atom. The molecule has 12 rings (SSSR count). The van der Waals surface area contributed by atoms with Crippen LogP contribution in [0.5, 0.6) is 0 Å². The van der Waals surface area contributed by atoms with Gasteiger partial charge in [0, 0.05) is 0 Å². The number of hydrogen-bond acceptors (Lipinski definition) is 0. The first-order valence-electron chi connectivity index (χ1n) is 20.8. The molecule has 278 valence electrons. The lowest BCUT2D eigenvalue weighted by Crippen LogP contribution is -1.95. The fraction of sp³-hybridized carbons (Fsp3) is 0. The van der Waals surface area contributed by atoms with Gasteiger partial charge in [0.1, 0.15) is 0 Å². The van der Waals surface area contributed by atoms with E-state index >= 15 is 0 Å². The van der Waals surface area contributed by atoms with Gasteiger partial charge >= 0.3 is 0 Å². The first kappa shape index (κ1) is 34.3. The van der Waals surface area contributed by atoms with Crippen LogP contribution in [0.4, 0.5) is 0 Å². The summed E-state index contributed by atoms with van der Waals surface area (Å²) in [5.41, 5.74) is 12.4. The van der Waals surface area contributed by atoms with Crippen molar-refractivity contribution in [3.63, 3.8) is 0 Å². The molecular weight excluding hydrogens is 721 g/mol. The Morgan fingerprint density at radius 3 is 1.12 bits per heavy atom. The molecule has 12 aromatic rings. The molecule has 0 radical (unpaired) electrons. The van der Waals surface area contributed by atoms with Gasteiger partial charge in [0.15, 0.2) is 0 Å². The summed E-state index contributed by atoms with van der Waals surface area (Å²) in [6.45, 7) is 0. The predicted octanol–water partition coefficient (Wildman–Crippen LogP) is 16.9. The van der Waals surface area contributed by atoms with Crippen molar-refractivity contribution < 1.29 is 0 Å². The van der Waals surface area contributed by atoms with E-state index in [1.54, 1.807) is 0 Å². The van der Waals surface area contributed by atoms with E-state index in [1.165, 1.54) is 120 Å². The van der Waals surface area contributed by atoms with Crippen LogP contribution in [0.1, 0.15) is 0 Å². The van der Waals surface area contributed by atoms with Crippen molar-refractivity contribution >= 4 is 64.6 Å². The van der Waals surface area contributed by atoms with Crippen molar-refractivity contribution in [2.75, 3.05) is 0 Å². The van der Waals surface area contributed by atoms with E-state index in [4.69, 9.17) is 0 Å². The van der Waals surface area contributed by atoms with Crippen LogP contribution in [0.2, 0.25) is 0 Å². The fourth-order valence-corrected chi connectivity index (χ4v) is 10.0. The summed E-state index contributed by atoms with van der Waals surface area (Å²) in [6.07, 6.45) is 0. The minimum atomic E-state index is 1.20. The SMILES string of the molecule is c1ccc(-c2cccc(-c3c(-c4ccccc4)c4cc5c(-c6cccc7ccccc67)c6ccccc6c(-c6cccc7ccccc67)c5cc4c4ccccc34)c2)cc1. The van der Waals surface area contributed by atoms with Crippen molar-refractivity contribution in [3.8, 4) is 55.6 Å². The molecule has 0 unspecified atom stereocenters. The van der Waals surface area contributed by atoms with Gasteiger partial charge in [-0.25, -0.2) is 0 Å². The van der Waals surface area contributed by atoms with Crippen molar-refractivity contribution in [1.82, 2.24) is 0 Å². The smallest absolute Gasteiger partial charge is 0.00199 e. The maximum absolute atomic E-state index is 2.54. The molecule has 0 saturated heterocycles. The molecule has 0 saturated carbocycles. The molecule has 0 N–H and O–H groups in total. The van der Waals surface area contributed by atoms with Crippen molar-refractivity contribution in [2.24, 2.45) is 0 Å². The summed E-state index contributed by atoms with van der Waals surface area (Å²) < 4.78 is 0. The molecule has 0 atom stereocenters. The van der Waals surface area contributed by atoms with Gasteiger partial charge in [-0.3, -0.25) is 0 Å². The van der Waals surface area contributed by atoms with E-state index in [2.05, 4.69) is 231 Å². The van der Waals surface area contributed by atoms with Gasteiger partial charge in [-0.1, -0.05) is 212 Å². The lowest BCUT2D eigenvalue weighted by Gasteiger charge is -2.23. The molecule has 60 heavy (non-hydrogen) atoms. The Hall–Kier alpha value is -7.80. The molecule has 0 aliphatic rings. The van der Waals surface area contributed by atoms with Crippen molar-refractivity contribution in [1.29, 1.82) is 0 Å². The first-order chi connectivity index (χ1) is 29.8. The average Bonchev–Trinajstić information content (AvgIpc) is 3.32. The van der Waals surface area contributed by atoms with Crippen LogP contribution in [-0.2, 0) is 0 Å². The highest BCUT2D eigenvalue weighted by Crippen LogP contribution is 2.51. The minimum absolute atomic E-state index is 1.20. The highest BCUT2D eigenvalue weighted by Gasteiger charge is 2.24. The normalized spacial score (nSPS) is 11.7. The van der Waals surface area contributed by atoms with E-state index < -0.39 is 0 Å². The fourth-order valence-electron chi connectivity index (χ4n) is 10.0. The third kappa shape index (κ3) is 5.39. The maximum Gasteiger partial charge on any atom is -0.00199 e. The monoisotopic (exact) mass is 758 g/mol. The molecule has 0 amide bonds. The zero-order valence-electron chi connectivity index (χ0n) is 32.9. The molecule has 0 aromatic heterocycles. The lowest BCUT2D eigenvalue weighted by molar-refractivity contribution is 1.60. The Kier molecular flexibility index (Phi) is 7.96. The topological polar surface area (TPSA) is 0 Å². The zero-order chi connectivity index (χ0) is 39.6. The van der Waals surface area contributed by atoms with Crippen molar-refractivity contribution in [3.05, 3.63) is 231 Å². The summed E-state index contributed by atoms with van der Waals surface area (Å²) in [6, 6.07) is 85.3. The van der Waals surface area contributed by atoms with Gasteiger partial charge in [0.05, 0.1) is 0 Å². The van der Waals surface area contributed by atoms with Crippen molar-refractivity contribution in [2.45, 2.75) is 0 Å². The second-order valence-corrected chi connectivity index (χ2v) is 15.9. The van der Waals surface area contributed by atoms with Crippen LogP contribution in [-0.4, -0.2) is 0 Å². The Labute approximate surface area is 349 Å². The van der Waals surface area contributed by atoms with Gasteiger partial charge in [-0.2, -0.15) is 0 Å². The maximum atomic E-state index is 2.54. The summed E-state index contributed by atoms with van der Waals surface area (Å²) in [7, 11) is 0. The predicted molar refractivity (Wildman–Crippen MR) is 259 cm³/mol. The van der Waals surface area contributed by atoms with E-state index in [0.717, 1.165) is 0 Å². The van der Waals surface area contributed by atoms with Crippen LogP contribution in [0.3, 0.4) is 0 Å². The molecule has 0 spiro atoms. The third-order valence-corrected chi connectivity index (χ3v) is 12.6. The average molecular weight is 759 g/mol. The second kappa shape index (κ2) is 13.9. The van der Waals surface area contributed by atoms with Gasteiger partial charge in [-0.05, 0) is 138 Å². The Bertz CT molecular complexity index is 3620. The lowest BCUT2D eigenvalue weighted by atomic mass is 9.80. The van der Waals surface area contributed by atoms with E-state index in [0.29, 0.717) is 0 Å². The van der Waals surface area contributed by atoms with Gasteiger partial charge < -0.3 is 0 Å². The second-order valence-electron chi connectivity index (χ2n) is 15.9. The van der Waals surface area contributed by atoms with Gasteiger partial charge in [0.25, 0.3) is 0 Å². The van der Waals surface area contributed by atoms with Crippen LogP contribution >= 0.6 is 0 Å². The summed E-state index contributed by atoms with van der Waals surface area (Å²) in [5, 5.41) is 15.0. The van der Waals surface area contributed by atoms with E-state index in [1.807, 2.05) is 0 Å². The van der Waals surface area contributed by atoms with E-state index in [9.17, 15) is 0 Å². The number of hydrogen-bond donors (Lipinski definition) is 0. The van der Waals surface area contributed by atoms with Gasteiger partial charge in [-0.15, -0.1) is 0 Å². The Balaban J connectivity index is 1.32. The number of benzene rings is 12. The molecule has 0 bridgehead atoms. The first-order valence-corrected chi connectivity index (χ1v) is 20.8.